The number of aromatic nitrogens is 4. The summed E-state index contributed by atoms with van der Waals surface area (Å²) >= 11 is 0. The van der Waals surface area contributed by atoms with E-state index in [2.05, 4.69) is 20.4 Å². The molecule has 0 aromatic carbocycles. The lowest BCUT2D eigenvalue weighted by atomic mass is 9.92. The second-order valence-corrected chi connectivity index (χ2v) is 5.88. The van der Waals surface area contributed by atoms with Gasteiger partial charge < -0.3 is 5.32 Å². The summed E-state index contributed by atoms with van der Waals surface area (Å²) in [5, 5.41) is 6.90. The van der Waals surface area contributed by atoms with Gasteiger partial charge in [0.15, 0.2) is 5.82 Å². The highest BCUT2D eigenvalue weighted by Gasteiger charge is 2.15. The lowest BCUT2D eigenvalue weighted by molar-refractivity contribution is -0.122. The van der Waals surface area contributed by atoms with Crippen molar-refractivity contribution in [2.24, 2.45) is 5.41 Å². The van der Waals surface area contributed by atoms with Crippen molar-refractivity contribution in [3.05, 3.63) is 36.5 Å². The zero-order chi connectivity index (χ0) is 14.6. The highest BCUT2D eigenvalue weighted by molar-refractivity contribution is 5.76. The lowest BCUT2D eigenvalue weighted by Crippen LogP contribution is -2.27. The van der Waals surface area contributed by atoms with Gasteiger partial charge in [0.05, 0.1) is 0 Å². The first-order valence-electron chi connectivity index (χ1n) is 6.51. The van der Waals surface area contributed by atoms with Gasteiger partial charge in [-0.1, -0.05) is 26.8 Å². The third-order valence-corrected chi connectivity index (χ3v) is 2.64. The predicted molar refractivity (Wildman–Crippen MR) is 75.1 cm³/mol. The number of nitrogens with zero attached hydrogens (tertiary/aromatic N) is 4. The molecular weight excluding hydrogens is 254 g/mol. The van der Waals surface area contributed by atoms with Crippen LogP contribution in [-0.4, -0.2) is 25.7 Å². The molecule has 2 rings (SSSR count). The third-order valence-electron chi connectivity index (χ3n) is 2.64. The summed E-state index contributed by atoms with van der Waals surface area (Å²) < 4.78 is 1.59. The molecule has 0 atom stereocenters. The van der Waals surface area contributed by atoms with Crippen LogP contribution < -0.4 is 5.32 Å². The summed E-state index contributed by atoms with van der Waals surface area (Å²) in [6.07, 6.45) is 5.29. The van der Waals surface area contributed by atoms with Gasteiger partial charge in [-0.15, -0.1) is 0 Å². The summed E-state index contributed by atoms with van der Waals surface area (Å²) in [4.78, 5) is 19.9. The maximum atomic E-state index is 11.7. The summed E-state index contributed by atoms with van der Waals surface area (Å²) in [7, 11) is 0. The SMILES string of the molecule is CC(C)(C)CC(=O)NCc1ccc(-n2cncn2)nc1. The molecular formula is C14H19N5O. The molecule has 0 spiro atoms. The van der Waals surface area contributed by atoms with E-state index in [1.165, 1.54) is 6.33 Å². The van der Waals surface area contributed by atoms with Crippen LogP contribution in [0.1, 0.15) is 32.8 Å². The summed E-state index contributed by atoms with van der Waals surface area (Å²) in [6, 6.07) is 3.77. The molecule has 2 aromatic rings. The molecule has 20 heavy (non-hydrogen) atoms. The van der Waals surface area contributed by atoms with Gasteiger partial charge in [0.2, 0.25) is 5.91 Å². The van der Waals surface area contributed by atoms with Gasteiger partial charge in [0.25, 0.3) is 0 Å². The summed E-state index contributed by atoms with van der Waals surface area (Å²) in [6.45, 7) is 6.61. The highest BCUT2D eigenvalue weighted by atomic mass is 16.1. The maximum Gasteiger partial charge on any atom is 0.220 e. The molecule has 2 aromatic heterocycles. The molecule has 0 unspecified atom stereocenters. The van der Waals surface area contributed by atoms with E-state index < -0.39 is 0 Å². The van der Waals surface area contributed by atoms with Crippen molar-refractivity contribution in [1.29, 1.82) is 0 Å². The van der Waals surface area contributed by atoms with Gasteiger partial charge in [-0.25, -0.2) is 14.6 Å². The van der Waals surface area contributed by atoms with Crippen molar-refractivity contribution in [1.82, 2.24) is 25.1 Å². The van der Waals surface area contributed by atoms with Crippen molar-refractivity contribution in [3.63, 3.8) is 0 Å². The van der Waals surface area contributed by atoms with Gasteiger partial charge in [-0.05, 0) is 17.0 Å². The fourth-order valence-corrected chi connectivity index (χ4v) is 1.73. The van der Waals surface area contributed by atoms with Crippen LogP contribution in [0, 0.1) is 5.41 Å². The molecule has 6 nitrogen and oxygen atoms in total. The fourth-order valence-electron chi connectivity index (χ4n) is 1.73. The van der Waals surface area contributed by atoms with Gasteiger partial charge in [0.1, 0.15) is 12.7 Å². The van der Waals surface area contributed by atoms with Crippen molar-refractivity contribution in [2.75, 3.05) is 0 Å². The van der Waals surface area contributed by atoms with Crippen LogP contribution in [0.3, 0.4) is 0 Å². The minimum atomic E-state index is -0.000711. The first-order valence-corrected chi connectivity index (χ1v) is 6.51. The van der Waals surface area contributed by atoms with Crippen LogP contribution in [0.5, 0.6) is 0 Å². The topological polar surface area (TPSA) is 72.7 Å². The first-order chi connectivity index (χ1) is 9.44. The predicted octanol–water partition coefficient (Wildman–Crippen LogP) is 1.71. The highest BCUT2D eigenvalue weighted by Crippen LogP contribution is 2.17. The van der Waals surface area contributed by atoms with E-state index in [-0.39, 0.29) is 11.3 Å². The Morgan fingerprint density at radius 2 is 2.15 bits per heavy atom. The molecule has 0 saturated carbocycles. The van der Waals surface area contributed by atoms with Crippen LogP contribution in [-0.2, 0) is 11.3 Å². The van der Waals surface area contributed by atoms with Crippen LogP contribution in [0.25, 0.3) is 5.82 Å². The molecule has 1 amide bonds. The Bertz CT molecular complexity index is 554. The van der Waals surface area contributed by atoms with Gasteiger partial charge in [-0.2, -0.15) is 5.10 Å². The number of pyridine rings is 1. The van der Waals surface area contributed by atoms with Gasteiger partial charge in [0, 0.05) is 19.2 Å². The standard InChI is InChI=1S/C14H19N5O/c1-14(2,3)6-13(20)17-8-11-4-5-12(16-7-11)19-10-15-9-18-19/h4-5,7,9-10H,6,8H2,1-3H3,(H,17,20). The van der Waals surface area contributed by atoms with E-state index in [0.29, 0.717) is 18.8 Å². The molecule has 0 fully saturated rings. The van der Waals surface area contributed by atoms with Crippen molar-refractivity contribution >= 4 is 5.91 Å². The monoisotopic (exact) mass is 273 g/mol. The number of hydrogen-bond donors (Lipinski definition) is 1. The van der Waals surface area contributed by atoms with Crippen LogP contribution in [0.15, 0.2) is 31.0 Å². The minimum Gasteiger partial charge on any atom is -0.352 e. The zero-order valence-corrected chi connectivity index (χ0v) is 12.0. The molecule has 0 bridgehead atoms. The molecule has 0 aliphatic heterocycles. The number of rotatable bonds is 4. The number of carbonyl (C=O) groups is 1. The Morgan fingerprint density at radius 3 is 2.70 bits per heavy atom. The van der Waals surface area contributed by atoms with Crippen molar-refractivity contribution in [3.8, 4) is 5.82 Å². The lowest BCUT2D eigenvalue weighted by Gasteiger charge is -2.17. The Balaban J connectivity index is 1.90. The Morgan fingerprint density at radius 1 is 1.35 bits per heavy atom. The molecule has 1 N–H and O–H groups in total. The van der Waals surface area contributed by atoms with E-state index in [9.17, 15) is 4.79 Å². The molecule has 0 aliphatic carbocycles. The summed E-state index contributed by atoms with van der Waals surface area (Å²) in [5.74, 6) is 0.755. The normalized spacial score (nSPS) is 11.3. The number of amides is 1. The molecule has 2 heterocycles. The van der Waals surface area contributed by atoms with Gasteiger partial charge in [-0.3, -0.25) is 4.79 Å². The molecule has 0 aliphatic rings. The van der Waals surface area contributed by atoms with E-state index >= 15 is 0 Å². The minimum absolute atomic E-state index is 0.000711. The second-order valence-electron chi connectivity index (χ2n) is 5.88. The summed E-state index contributed by atoms with van der Waals surface area (Å²) in [5.41, 5.74) is 0.954. The quantitative estimate of drug-likeness (QED) is 0.920. The molecule has 0 radical (unpaired) electrons. The number of carbonyl (C=O) groups excluding carboxylic acids is 1. The smallest absolute Gasteiger partial charge is 0.220 e. The average molecular weight is 273 g/mol. The Kier molecular flexibility index (Phi) is 4.12. The Hall–Kier alpha value is -2.24. The van der Waals surface area contributed by atoms with E-state index in [1.807, 2.05) is 32.9 Å². The molecule has 6 heteroatoms. The maximum absolute atomic E-state index is 11.7. The number of hydrogen-bond acceptors (Lipinski definition) is 4. The molecule has 0 saturated heterocycles. The van der Waals surface area contributed by atoms with Crippen molar-refractivity contribution in [2.45, 2.75) is 33.7 Å². The zero-order valence-electron chi connectivity index (χ0n) is 12.0. The van der Waals surface area contributed by atoms with Gasteiger partial charge >= 0.3 is 0 Å². The number of nitrogens with one attached hydrogen (secondary N) is 1. The average Bonchev–Trinajstić information content (AvgIpc) is 2.89. The van der Waals surface area contributed by atoms with Crippen LogP contribution in [0.2, 0.25) is 0 Å². The molecule has 106 valence electrons. The van der Waals surface area contributed by atoms with Crippen LogP contribution in [0.4, 0.5) is 0 Å². The van der Waals surface area contributed by atoms with Crippen LogP contribution >= 0.6 is 0 Å². The Labute approximate surface area is 118 Å². The van der Waals surface area contributed by atoms with E-state index in [4.69, 9.17) is 0 Å². The van der Waals surface area contributed by atoms with E-state index in [1.54, 1.807) is 17.2 Å². The third kappa shape index (κ3) is 4.15. The fraction of sp³-hybridized carbons (Fsp3) is 0.429. The van der Waals surface area contributed by atoms with E-state index in [0.717, 1.165) is 5.56 Å². The van der Waals surface area contributed by atoms with Crippen molar-refractivity contribution < 1.29 is 4.79 Å². The largest absolute Gasteiger partial charge is 0.352 e. The first kappa shape index (κ1) is 14.2. The second kappa shape index (κ2) is 5.81.